The molecule has 1 aromatic carbocycles. The highest BCUT2D eigenvalue weighted by Gasteiger charge is 2.25. The van der Waals surface area contributed by atoms with E-state index in [2.05, 4.69) is 32.6 Å². The summed E-state index contributed by atoms with van der Waals surface area (Å²) in [5.74, 6) is 0.880. The second kappa shape index (κ2) is 9.16. The molecule has 0 radical (unpaired) electrons. The minimum absolute atomic E-state index is 0.0719. The monoisotopic (exact) mass is 373 g/mol. The van der Waals surface area contributed by atoms with Crippen LogP contribution in [0.5, 0.6) is 5.75 Å². The third-order valence-electron chi connectivity index (χ3n) is 4.94. The van der Waals surface area contributed by atoms with Crippen molar-refractivity contribution in [1.82, 2.24) is 15.1 Å². The summed E-state index contributed by atoms with van der Waals surface area (Å²) in [6, 6.07) is 12.0. The van der Waals surface area contributed by atoms with Crippen LogP contribution in [0.1, 0.15) is 17.4 Å². The molecule has 0 aliphatic carbocycles. The van der Waals surface area contributed by atoms with Crippen LogP contribution in [-0.2, 0) is 17.9 Å². The number of piperazine rings is 1. The van der Waals surface area contributed by atoms with Gasteiger partial charge in [0, 0.05) is 49.7 Å². The minimum atomic E-state index is -0.117. The van der Waals surface area contributed by atoms with E-state index < -0.39 is 0 Å². The molecule has 0 bridgehead atoms. The van der Waals surface area contributed by atoms with E-state index in [0.717, 1.165) is 44.0 Å². The summed E-state index contributed by atoms with van der Waals surface area (Å²) in [7, 11) is 1.65. The Balaban J connectivity index is 1.45. The Morgan fingerprint density at radius 3 is 2.65 bits per heavy atom. The summed E-state index contributed by atoms with van der Waals surface area (Å²) < 4.78 is 5.34. The van der Waals surface area contributed by atoms with E-state index >= 15 is 0 Å². The number of carbonyl (C=O) groups is 1. The van der Waals surface area contributed by atoms with Crippen molar-refractivity contribution < 1.29 is 9.53 Å². The number of hydrogen-bond donors (Lipinski definition) is 1. The van der Waals surface area contributed by atoms with Gasteiger partial charge in [-0.1, -0.05) is 24.3 Å². The van der Waals surface area contributed by atoms with Crippen LogP contribution in [0.15, 0.2) is 41.8 Å². The van der Waals surface area contributed by atoms with Crippen LogP contribution in [0.2, 0.25) is 0 Å². The summed E-state index contributed by atoms with van der Waals surface area (Å²) in [6.07, 6.45) is 0. The zero-order chi connectivity index (χ0) is 18.4. The zero-order valence-corrected chi connectivity index (χ0v) is 16.3. The van der Waals surface area contributed by atoms with Crippen molar-refractivity contribution >= 4 is 17.2 Å². The zero-order valence-electron chi connectivity index (χ0n) is 15.5. The Kier molecular flexibility index (Phi) is 6.66. The molecule has 140 valence electrons. The number of para-hydroxylation sites is 1. The number of carbonyl (C=O) groups excluding carboxylic acids is 1. The highest BCUT2D eigenvalue weighted by Crippen LogP contribution is 2.17. The van der Waals surface area contributed by atoms with Crippen molar-refractivity contribution in [2.24, 2.45) is 0 Å². The van der Waals surface area contributed by atoms with E-state index in [1.165, 1.54) is 4.88 Å². The van der Waals surface area contributed by atoms with Crippen molar-refractivity contribution in [2.75, 3.05) is 33.3 Å². The fourth-order valence-electron chi connectivity index (χ4n) is 3.28. The van der Waals surface area contributed by atoms with Crippen molar-refractivity contribution in [3.63, 3.8) is 0 Å². The number of benzene rings is 1. The maximum absolute atomic E-state index is 12.5. The molecule has 1 aliphatic heterocycles. The Morgan fingerprint density at radius 1 is 1.19 bits per heavy atom. The maximum atomic E-state index is 12.5. The summed E-state index contributed by atoms with van der Waals surface area (Å²) in [6.45, 7) is 7.35. The number of nitrogens with one attached hydrogen (secondary N) is 1. The fourth-order valence-corrected chi connectivity index (χ4v) is 4.02. The standard InChI is InChI=1S/C20H27N3O2S/c1-16(20(24)21-14-17-6-3-4-8-19(17)25-2)23-11-9-22(10-12-23)15-18-7-5-13-26-18/h3-8,13,16H,9-12,14-15H2,1-2H3,(H,21,24)/t16-/m1/s1. The Bertz CT molecular complexity index is 697. The van der Waals surface area contributed by atoms with Crippen molar-refractivity contribution in [1.29, 1.82) is 0 Å². The number of methoxy groups -OCH3 is 1. The first kappa shape index (κ1) is 18.9. The van der Waals surface area contributed by atoms with Crippen LogP contribution < -0.4 is 10.1 Å². The van der Waals surface area contributed by atoms with Gasteiger partial charge in [-0.25, -0.2) is 0 Å². The van der Waals surface area contributed by atoms with Gasteiger partial charge in [0.15, 0.2) is 0 Å². The molecule has 3 rings (SSSR count). The Morgan fingerprint density at radius 2 is 1.96 bits per heavy atom. The van der Waals surface area contributed by atoms with Gasteiger partial charge < -0.3 is 10.1 Å². The molecular formula is C20H27N3O2S. The molecule has 2 aromatic rings. The predicted molar refractivity (Wildman–Crippen MR) is 105 cm³/mol. The van der Waals surface area contributed by atoms with E-state index in [0.29, 0.717) is 6.54 Å². The number of ether oxygens (including phenoxy) is 1. The third-order valence-corrected chi connectivity index (χ3v) is 5.80. The van der Waals surface area contributed by atoms with Gasteiger partial charge in [-0.05, 0) is 24.4 Å². The second-order valence-electron chi connectivity index (χ2n) is 6.60. The van der Waals surface area contributed by atoms with Crippen LogP contribution in [0.25, 0.3) is 0 Å². The first-order chi connectivity index (χ1) is 12.7. The van der Waals surface area contributed by atoms with Gasteiger partial charge in [0.2, 0.25) is 5.91 Å². The molecular weight excluding hydrogens is 346 g/mol. The lowest BCUT2D eigenvalue weighted by Crippen LogP contribution is -2.53. The van der Waals surface area contributed by atoms with Crippen LogP contribution in [0, 0.1) is 0 Å². The molecule has 1 atom stereocenters. The number of nitrogens with zero attached hydrogens (tertiary/aromatic N) is 2. The van der Waals surface area contributed by atoms with Gasteiger partial charge in [-0.2, -0.15) is 0 Å². The molecule has 1 saturated heterocycles. The van der Waals surface area contributed by atoms with Gasteiger partial charge in [-0.3, -0.25) is 14.6 Å². The lowest BCUT2D eigenvalue weighted by atomic mass is 10.1. The van der Waals surface area contributed by atoms with Crippen molar-refractivity contribution in [3.8, 4) is 5.75 Å². The number of rotatable bonds is 7. The van der Waals surface area contributed by atoms with Crippen LogP contribution >= 0.6 is 11.3 Å². The lowest BCUT2D eigenvalue weighted by molar-refractivity contribution is -0.126. The molecule has 0 unspecified atom stereocenters. The van der Waals surface area contributed by atoms with Crippen molar-refractivity contribution in [3.05, 3.63) is 52.2 Å². The third kappa shape index (κ3) is 4.84. The van der Waals surface area contributed by atoms with Crippen LogP contribution in [0.3, 0.4) is 0 Å². The van der Waals surface area contributed by atoms with Crippen LogP contribution in [0.4, 0.5) is 0 Å². The molecule has 0 saturated carbocycles. The van der Waals surface area contributed by atoms with Gasteiger partial charge in [-0.15, -0.1) is 11.3 Å². The molecule has 1 N–H and O–H groups in total. The number of thiophene rings is 1. The molecule has 2 heterocycles. The first-order valence-corrected chi connectivity index (χ1v) is 9.93. The molecule has 0 spiro atoms. The Labute approximate surface area is 159 Å². The van der Waals surface area contributed by atoms with Gasteiger partial charge in [0.1, 0.15) is 5.75 Å². The lowest BCUT2D eigenvalue weighted by Gasteiger charge is -2.37. The minimum Gasteiger partial charge on any atom is -0.496 e. The first-order valence-electron chi connectivity index (χ1n) is 9.06. The average molecular weight is 374 g/mol. The van der Waals surface area contributed by atoms with E-state index in [1.54, 1.807) is 18.4 Å². The van der Waals surface area contributed by atoms with E-state index in [-0.39, 0.29) is 11.9 Å². The molecule has 1 amide bonds. The number of hydrogen-bond acceptors (Lipinski definition) is 5. The largest absolute Gasteiger partial charge is 0.496 e. The van der Waals surface area contributed by atoms with Crippen molar-refractivity contribution in [2.45, 2.75) is 26.1 Å². The second-order valence-corrected chi connectivity index (χ2v) is 7.63. The maximum Gasteiger partial charge on any atom is 0.237 e. The van der Waals surface area contributed by atoms with E-state index in [4.69, 9.17) is 4.74 Å². The normalized spacial score (nSPS) is 17.0. The van der Waals surface area contributed by atoms with E-state index in [9.17, 15) is 4.79 Å². The highest BCUT2D eigenvalue weighted by molar-refractivity contribution is 7.09. The Hall–Kier alpha value is -1.89. The molecule has 1 aromatic heterocycles. The highest BCUT2D eigenvalue weighted by atomic mass is 32.1. The number of amides is 1. The quantitative estimate of drug-likeness (QED) is 0.810. The smallest absolute Gasteiger partial charge is 0.237 e. The van der Waals surface area contributed by atoms with Gasteiger partial charge >= 0.3 is 0 Å². The summed E-state index contributed by atoms with van der Waals surface area (Å²) >= 11 is 1.81. The summed E-state index contributed by atoms with van der Waals surface area (Å²) in [5, 5.41) is 5.17. The van der Waals surface area contributed by atoms with Gasteiger partial charge in [0.25, 0.3) is 0 Å². The summed E-state index contributed by atoms with van der Waals surface area (Å²) in [4.78, 5) is 18.7. The molecule has 1 aliphatic rings. The molecule has 26 heavy (non-hydrogen) atoms. The SMILES string of the molecule is COc1ccccc1CNC(=O)[C@@H](C)N1CCN(Cc2cccs2)CC1. The predicted octanol–water partition coefficient (Wildman–Crippen LogP) is 2.58. The average Bonchev–Trinajstić information content (AvgIpc) is 3.19. The summed E-state index contributed by atoms with van der Waals surface area (Å²) in [5.41, 5.74) is 0.997. The van der Waals surface area contributed by atoms with Gasteiger partial charge in [0.05, 0.1) is 13.2 Å². The molecule has 5 nitrogen and oxygen atoms in total. The van der Waals surface area contributed by atoms with E-state index in [1.807, 2.05) is 31.2 Å². The fraction of sp³-hybridized carbons (Fsp3) is 0.450. The topological polar surface area (TPSA) is 44.8 Å². The molecule has 1 fully saturated rings. The van der Waals surface area contributed by atoms with Crippen LogP contribution in [-0.4, -0.2) is 55.0 Å². The molecule has 6 heteroatoms.